The normalized spacial score (nSPS) is 12.1. The Hall–Kier alpha value is -2.92. The Labute approximate surface area is 197 Å². The maximum atomic E-state index is 12.7. The number of hydrogen-bond donors (Lipinski definition) is 3. The lowest BCUT2D eigenvalue weighted by molar-refractivity contribution is -0.138. The first-order valence-corrected chi connectivity index (χ1v) is 10.2. The van der Waals surface area contributed by atoms with E-state index in [0.717, 1.165) is 30.7 Å². The fraction of sp³-hybridized carbons (Fsp3) is 0.0952. The summed E-state index contributed by atoms with van der Waals surface area (Å²) in [5.41, 5.74) is -1.10. The SMILES string of the molecule is CC(=O)NC(=Cc1ccccc1C(F)(F)F)C(=O)O.O=C(O)C(Br)=C(Br)c1ccccc1. The van der Waals surface area contributed by atoms with Crippen molar-refractivity contribution in [3.63, 3.8) is 0 Å². The minimum absolute atomic E-state index is 0.124. The van der Waals surface area contributed by atoms with Crippen LogP contribution in [0.3, 0.4) is 0 Å². The zero-order valence-electron chi connectivity index (χ0n) is 16.3. The molecule has 0 fully saturated rings. The van der Waals surface area contributed by atoms with Crippen molar-refractivity contribution in [2.45, 2.75) is 13.1 Å². The molecule has 2 aromatic carbocycles. The molecule has 3 N–H and O–H groups in total. The van der Waals surface area contributed by atoms with Crippen molar-refractivity contribution in [1.29, 1.82) is 0 Å². The number of alkyl halides is 3. The predicted octanol–water partition coefficient (Wildman–Crippen LogP) is 5.50. The van der Waals surface area contributed by atoms with Crippen LogP contribution in [0, 0.1) is 0 Å². The number of hydrogen-bond acceptors (Lipinski definition) is 3. The Balaban J connectivity index is 0.000000343. The van der Waals surface area contributed by atoms with Gasteiger partial charge in [-0.3, -0.25) is 4.79 Å². The molecule has 170 valence electrons. The standard InChI is InChI=1S/C12H10F3NO3.C9H6Br2O2/c1-7(17)16-10(11(18)19)6-8-4-2-3-5-9(8)12(13,14)15;10-7(8(11)9(12)13)6-4-2-1-3-5-6/h2-6H,1H3,(H,16,17)(H,18,19);1-5H,(H,12,13). The fourth-order valence-electron chi connectivity index (χ4n) is 2.18. The molecule has 0 heterocycles. The minimum atomic E-state index is -4.60. The maximum Gasteiger partial charge on any atom is 0.416 e. The van der Waals surface area contributed by atoms with E-state index in [1.807, 2.05) is 35.6 Å². The number of nitrogens with one attached hydrogen (secondary N) is 1. The molecule has 2 aromatic rings. The predicted molar refractivity (Wildman–Crippen MR) is 120 cm³/mol. The summed E-state index contributed by atoms with van der Waals surface area (Å²) in [6.07, 6.45) is -3.83. The van der Waals surface area contributed by atoms with E-state index in [-0.39, 0.29) is 10.0 Å². The van der Waals surface area contributed by atoms with E-state index in [9.17, 15) is 27.6 Å². The summed E-state index contributed by atoms with van der Waals surface area (Å²) in [5, 5.41) is 19.5. The number of carbonyl (C=O) groups is 3. The van der Waals surface area contributed by atoms with Crippen molar-refractivity contribution in [3.8, 4) is 0 Å². The number of amides is 1. The van der Waals surface area contributed by atoms with Crippen LogP contribution in [0.15, 0.2) is 64.8 Å². The lowest BCUT2D eigenvalue weighted by Gasteiger charge is -2.11. The molecule has 0 spiro atoms. The number of carboxylic acid groups (broad SMARTS) is 2. The Bertz CT molecular complexity index is 1050. The van der Waals surface area contributed by atoms with Crippen LogP contribution in [0.25, 0.3) is 10.6 Å². The third kappa shape index (κ3) is 8.67. The summed E-state index contributed by atoms with van der Waals surface area (Å²) in [4.78, 5) is 32.2. The number of carboxylic acids is 2. The van der Waals surface area contributed by atoms with Crippen molar-refractivity contribution in [2.75, 3.05) is 0 Å². The van der Waals surface area contributed by atoms with Crippen molar-refractivity contribution < 1.29 is 37.8 Å². The molecule has 0 atom stereocenters. The highest BCUT2D eigenvalue weighted by atomic mass is 79.9. The van der Waals surface area contributed by atoms with Gasteiger partial charge in [0.2, 0.25) is 5.91 Å². The van der Waals surface area contributed by atoms with Crippen LogP contribution in [0.5, 0.6) is 0 Å². The Morgan fingerprint density at radius 2 is 1.44 bits per heavy atom. The third-order valence-electron chi connectivity index (χ3n) is 3.51. The average Bonchev–Trinajstić information content (AvgIpc) is 2.72. The Kier molecular flexibility index (Phi) is 10.3. The topological polar surface area (TPSA) is 104 Å². The van der Waals surface area contributed by atoms with Gasteiger partial charge in [0.05, 0.1) is 5.56 Å². The molecular weight excluding hydrogens is 563 g/mol. The van der Waals surface area contributed by atoms with Gasteiger partial charge >= 0.3 is 18.1 Å². The highest BCUT2D eigenvalue weighted by Gasteiger charge is 2.32. The highest BCUT2D eigenvalue weighted by Crippen LogP contribution is 2.32. The summed E-state index contributed by atoms with van der Waals surface area (Å²) in [5.74, 6) is -3.19. The molecule has 1 amide bonds. The average molecular weight is 579 g/mol. The van der Waals surface area contributed by atoms with Crippen molar-refractivity contribution in [2.24, 2.45) is 0 Å². The van der Waals surface area contributed by atoms with Gasteiger partial charge in [-0.25, -0.2) is 9.59 Å². The van der Waals surface area contributed by atoms with Crippen LogP contribution in [-0.4, -0.2) is 28.1 Å². The summed E-state index contributed by atoms with van der Waals surface area (Å²) >= 11 is 6.18. The number of aliphatic carboxylic acids is 2. The Morgan fingerprint density at radius 3 is 1.91 bits per heavy atom. The quantitative estimate of drug-likeness (QED) is 0.407. The molecule has 0 saturated carbocycles. The summed E-state index contributed by atoms with van der Waals surface area (Å²) < 4.78 is 38.8. The molecule has 2 rings (SSSR count). The molecule has 0 unspecified atom stereocenters. The molecule has 0 aliphatic carbocycles. The summed E-state index contributed by atoms with van der Waals surface area (Å²) in [6, 6.07) is 13.7. The van der Waals surface area contributed by atoms with Gasteiger partial charge in [-0.05, 0) is 55.1 Å². The maximum absolute atomic E-state index is 12.7. The van der Waals surface area contributed by atoms with E-state index in [2.05, 4.69) is 31.9 Å². The van der Waals surface area contributed by atoms with Crippen LogP contribution in [0.1, 0.15) is 23.6 Å². The van der Waals surface area contributed by atoms with Gasteiger partial charge in [-0.1, -0.05) is 48.5 Å². The second-order valence-corrected chi connectivity index (χ2v) is 7.51. The van der Waals surface area contributed by atoms with E-state index < -0.39 is 35.3 Å². The second-order valence-electron chi connectivity index (χ2n) is 5.93. The molecule has 0 aliphatic heterocycles. The third-order valence-corrected chi connectivity index (χ3v) is 5.64. The molecule has 0 saturated heterocycles. The van der Waals surface area contributed by atoms with Crippen LogP contribution < -0.4 is 5.32 Å². The first-order valence-electron chi connectivity index (χ1n) is 8.57. The van der Waals surface area contributed by atoms with Gasteiger partial charge in [0.25, 0.3) is 0 Å². The van der Waals surface area contributed by atoms with Crippen molar-refractivity contribution in [1.82, 2.24) is 5.32 Å². The van der Waals surface area contributed by atoms with Gasteiger partial charge in [-0.15, -0.1) is 0 Å². The molecule has 0 aliphatic rings. The largest absolute Gasteiger partial charge is 0.477 e. The summed E-state index contributed by atoms with van der Waals surface area (Å²) in [7, 11) is 0. The van der Waals surface area contributed by atoms with Gasteiger partial charge in [0.15, 0.2) is 0 Å². The number of halogens is 5. The fourth-order valence-corrected chi connectivity index (χ4v) is 2.85. The first kappa shape index (κ1) is 27.1. The van der Waals surface area contributed by atoms with Crippen LogP contribution in [-0.2, 0) is 20.6 Å². The van der Waals surface area contributed by atoms with Crippen LogP contribution in [0.4, 0.5) is 13.2 Å². The van der Waals surface area contributed by atoms with Gasteiger partial charge in [-0.2, -0.15) is 13.2 Å². The van der Waals surface area contributed by atoms with Gasteiger partial charge < -0.3 is 15.5 Å². The zero-order chi connectivity index (χ0) is 24.5. The van der Waals surface area contributed by atoms with E-state index >= 15 is 0 Å². The first-order chi connectivity index (χ1) is 14.8. The molecule has 32 heavy (non-hydrogen) atoms. The molecule has 11 heteroatoms. The van der Waals surface area contributed by atoms with E-state index in [0.29, 0.717) is 4.48 Å². The van der Waals surface area contributed by atoms with Gasteiger partial charge in [0, 0.05) is 11.4 Å². The molecular formula is C21H16Br2F3NO5. The number of carbonyl (C=O) groups excluding carboxylic acids is 1. The molecule has 6 nitrogen and oxygen atoms in total. The smallest absolute Gasteiger partial charge is 0.416 e. The monoisotopic (exact) mass is 577 g/mol. The number of rotatable bonds is 5. The zero-order valence-corrected chi connectivity index (χ0v) is 19.5. The van der Waals surface area contributed by atoms with Crippen LogP contribution >= 0.6 is 31.9 Å². The second kappa shape index (κ2) is 12.2. The summed E-state index contributed by atoms with van der Waals surface area (Å²) in [6.45, 7) is 1.06. The van der Waals surface area contributed by atoms with E-state index in [4.69, 9.17) is 10.2 Å². The van der Waals surface area contributed by atoms with E-state index in [1.54, 1.807) is 0 Å². The molecule has 0 bridgehead atoms. The highest BCUT2D eigenvalue weighted by molar-refractivity contribution is 9.16. The van der Waals surface area contributed by atoms with Crippen LogP contribution in [0.2, 0.25) is 0 Å². The lowest BCUT2D eigenvalue weighted by Crippen LogP contribution is -2.24. The van der Waals surface area contributed by atoms with E-state index in [1.165, 1.54) is 12.1 Å². The molecule has 0 radical (unpaired) electrons. The minimum Gasteiger partial charge on any atom is -0.477 e. The van der Waals surface area contributed by atoms with Crippen molar-refractivity contribution in [3.05, 3.63) is 81.5 Å². The lowest BCUT2D eigenvalue weighted by atomic mass is 10.1. The van der Waals surface area contributed by atoms with Crippen molar-refractivity contribution >= 4 is 60.3 Å². The van der Waals surface area contributed by atoms with Gasteiger partial charge in [0.1, 0.15) is 10.2 Å². The molecule has 0 aromatic heterocycles. The number of benzene rings is 2. The Morgan fingerprint density at radius 1 is 0.906 bits per heavy atom.